The number of anilines is 1. The van der Waals surface area contributed by atoms with Gasteiger partial charge in [-0.2, -0.15) is 0 Å². The van der Waals surface area contributed by atoms with Crippen LogP contribution in [-0.4, -0.2) is 79.1 Å². The Morgan fingerprint density at radius 1 is 1.06 bits per heavy atom. The van der Waals surface area contributed by atoms with Gasteiger partial charge in [-0.25, -0.2) is 9.59 Å². The average molecular weight is 429 g/mol. The number of benzene rings is 1. The van der Waals surface area contributed by atoms with Crippen molar-refractivity contribution in [2.75, 3.05) is 38.3 Å². The van der Waals surface area contributed by atoms with E-state index in [0.29, 0.717) is 32.5 Å². The van der Waals surface area contributed by atoms with Crippen molar-refractivity contribution in [3.8, 4) is 0 Å². The van der Waals surface area contributed by atoms with Gasteiger partial charge in [-0.3, -0.25) is 14.5 Å². The SMILES string of the molecule is COC(=O)C1COC(=O)N1C1CCN(C(=O)CCC(=O)N2CCc3ccccc32)CC1. The number of methoxy groups -OCH3 is 1. The first-order valence-electron chi connectivity index (χ1n) is 10.7. The molecule has 4 rings (SSSR count). The Balaban J connectivity index is 1.27. The van der Waals surface area contributed by atoms with Crippen molar-refractivity contribution in [1.82, 2.24) is 9.80 Å². The second-order valence-corrected chi connectivity index (χ2v) is 8.06. The molecule has 3 aliphatic heterocycles. The number of carbonyl (C=O) groups excluding carboxylic acids is 4. The molecule has 0 saturated carbocycles. The topological polar surface area (TPSA) is 96.5 Å². The molecule has 2 fully saturated rings. The molecule has 0 spiro atoms. The quantitative estimate of drug-likeness (QED) is 0.656. The van der Waals surface area contributed by atoms with Crippen LogP contribution in [0.4, 0.5) is 10.5 Å². The van der Waals surface area contributed by atoms with Crippen LogP contribution < -0.4 is 4.90 Å². The third-order valence-electron chi connectivity index (χ3n) is 6.34. The maximum atomic E-state index is 12.7. The number of hydrogen-bond acceptors (Lipinski definition) is 6. The maximum Gasteiger partial charge on any atom is 0.410 e. The van der Waals surface area contributed by atoms with Crippen LogP contribution in [0.1, 0.15) is 31.2 Å². The highest BCUT2D eigenvalue weighted by Crippen LogP contribution is 2.28. The molecule has 1 atom stereocenters. The molecule has 3 heterocycles. The van der Waals surface area contributed by atoms with E-state index in [2.05, 4.69) is 0 Å². The molecular formula is C22H27N3O6. The monoisotopic (exact) mass is 429 g/mol. The normalized spacial score (nSPS) is 21.1. The smallest absolute Gasteiger partial charge is 0.410 e. The minimum Gasteiger partial charge on any atom is -0.467 e. The average Bonchev–Trinajstić information content (AvgIpc) is 3.40. The molecule has 31 heavy (non-hydrogen) atoms. The molecule has 0 bridgehead atoms. The molecule has 0 aliphatic carbocycles. The Hall–Kier alpha value is -3.10. The molecule has 1 aromatic rings. The van der Waals surface area contributed by atoms with Crippen LogP contribution in [0.2, 0.25) is 0 Å². The minimum atomic E-state index is -0.731. The predicted octanol–water partition coefficient (Wildman–Crippen LogP) is 1.34. The van der Waals surface area contributed by atoms with Gasteiger partial charge in [-0.1, -0.05) is 18.2 Å². The lowest BCUT2D eigenvalue weighted by Gasteiger charge is -2.37. The van der Waals surface area contributed by atoms with Gasteiger partial charge in [-0.15, -0.1) is 0 Å². The first-order chi connectivity index (χ1) is 15.0. The molecule has 0 aromatic heterocycles. The lowest BCUT2D eigenvalue weighted by Crippen LogP contribution is -2.52. The summed E-state index contributed by atoms with van der Waals surface area (Å²) in [5, 5.41) is 0. The zero-order chi connectivity index (χ0) is 22.0. The molecule has 0 radical (unpaired) electrons. The van der Waals surface area contributed by atoms with E-state index in [-0.39, 0.29) is 37.3 Å². The third kappa shape index (κ3) is 4.22. The minimum absolute atomic E-state index is 0.00755. The van der Waals surface area contributed by atoms with Crippen LogP contribution in [0.3, 0.4) is 0 Å². The molecule has 2 saturated heterocycles. The number of ether oxygens (including phenoxy) is 2. The molecule has 166 valence electrons. The van der Waals surface area contributed by atoms with E-state index in [0.717, 1.165) is 17.7 Å². The largest absolute Gasteiger partial charge is 0.467 e. The molecule has 0 N–H and O–H groups in total. The second-order valence-electron chi connectivity index (χ2n) is 8.06. The highest BCUT2D eigenvalue weighted by molar-refractivity contribution is 5.97. The fourth-order valence-electron chi connectivity index (χ4n) is 4.65. The van der Waals surface area contributed by atoms with Gasteiger partial charge in [0, 0.05) is 44.2 Å². The summed E-state index contributed by atoms with van der Waals surface area (Å²) in [5.74, 6) is -0.590. The Morgan fingerprint density at radius 3 is 2.52 bits per heavy atom. The van der Waals surface area contributed by atoms with E-state index in [1.54, 1.807) is 9.80 Å². The Kier molecular flexibility index (Phi) is 6.11. The fraction of sp³-hybridized carbons (Fsp3) is 0.545. The van der Waals surface area contributed by atoms with Crippen LogP contribution in [-0.2, 0) is 30.3 Å². The molecular weight excluding hydrogens is 402 g/mol. The number of cyclic esters (lactones) is 1. The van der Waals surface area contributed by atoms with E-state index in [9.17, 15) is 19.2 Å². The zero-order valence-electron chi connectivity index (χ0n) is 17.6. The summed E-state index contributed by atoms with van der Waals surface area (Å²) in [7, 11) is 1.28. The number of amides is 3. The van der Waals surface area contributed by atoms with E-state index in [4.69, 9.17) is 9.47 Å². The van der Waals surface area contributed by atoms with Crippen LogP contribution in [0.15, 0.2) is 24.3 Å². The standard InChI is InChI=1S/C22H27N3O6/c1-30-21(28)18-14-31-22(29)25(18)16-9-11-23(12-10-16)19(26)6-7-20(27)24-13-8-15-4-2-3-5-17(15)24/h2-5,16,18H,6-14H2,1H3. The van der Waals surface area contributed by atoms with Crippen molar-refractivity contribution in [1.29, 1.82) is 0 Å². The van der Waals surface area contributed by atoms with Gasteiger partial charge in [0.05, 0.1) is 7.11 Å². The second kappa shape index (κ2) is 8.95. The van der Waals surface area contributed by atoms with Crippen molar-refractivity contribution in [3.05, 3.63) is 29.8 Å². The number of esters is 1. The fourth-order valence-corrected chi connectivity index (χ4v) is 4.65. The number of para-hydroxylation sites is 1. The van der Waals surface area contributed by atoms with Crippen LogP contribution in [0.25, 0.3) is 0 Å². The third-order valence-corrected chi connectivity index (χ3v) is 6.34. The van der Waals surface area contributed by atoms with Crippen LogP contribution in [0, 0.1) is 0 Å². The van der Waals surface area contributed by atoms with Crippen molar-refractivity contribution < 1.29 is 28.7 Å². The van der Waals surface area contributed by atoms with Gasteiger partial charge >= 0.3 is 12.1 Å². The Bertz CT molecular complexity index is 880. The highest BCUT2D eigenvalue weighted by atomic mass is 16.6. The van der Waals surface area contributed by atoms with Crippen molar-refractivity contribution in [2.24, 2.45) is 0 Å². The Labute approximate surface area is 180 Å². The molecule has 9 nitrogen and oxygen atoms in total. The molecule has 3 amide bonds. The summed E-state index contributed by atoms with van der Waals surface area (Å²) < 4.78 is 9.80. The van der Waals surface area contributed by atoms with E-state index >= 15 is 0 Å². The predicted molar refractivity (Wildman–Crippen MR) is 110 cm³/mol. The Morgan fingerprint density at radius 2 is 1.77 bits per heavy atom. The number of piperidine rings is 1. The summed E-state index contributed by atoms with van der Waals surface area (Å²) in [6, 6.07) is 6.95. The number of nitrogens with zero attached hydrogens (tertiary/aromatic N) is 3. The first kappa shape index (κ1) is 21.1. The number of hydrogen-bond donors (Lipinski definition) is 0. The summed E-state index contributed by atoms with van der Waals surface area (Å²) in [6.07, 6.45) is 1.78. The maximum absolute atomic E-state index is 12.7. The number of likely N-dealkylation sites (tertiary alicyclic amines) is 1. The van der Waals surface area contributed by atoms with Crippen LogP contribution in [0.5, 0.6) is 0 Å². The van der Waals surface area contributed by atoms with Gasteiger partial charge < -0.3 is 19.3 Å². The summed E-state index contributed by atoms with van der Waals surface area (Å²) in [5.41, 5.74) is 2.10. The van der Waals surface area contributed by atoms with E-state index in [1.807, 2.05) is 24.3 Å². The van der Waals surface area contributed by atoms with Gasteiger partial charge in [0.1, 0.15) is 6.61 Å². The first-order valence-corrected chi connectivity index (χ1v) is 10.7. The van der Waals surface area contributed by atoms with E-state index in [1.165, 1.54) is 12.0 Å². The van der Waals surface area contributed by atoms with Crippen molar-refractivity contribution >= 4 is 29.6 Å². The van der Waals surface area contributed by atoms with Gasteiger partial charge in [-0.05, 0) is 30.9 Å². The summed E-state index contributed by atoms with van der Waals surface area (Å²) in [6.45, 7) is 1.60. The lowest BCUT2D eigenvalue weighted by molar-refractivity contribution is -0.146. The lowest BCUT2D eigenvalue weighted by atomic mass is 10.0. The summed E-state index contributed by atoms with van der Waals surface area (Å²) >= 11 is 0. The molecule has 9 heteroatoms. The van der Waals surface area contributed by atoms with Crippen LogP contribution >= 0.6 is 0 Å². The van der Waals surface area contributed by atoms with Crippen molar-refractivity contribution in [2.45, 2.75) is 44.2 Å². The molecule has 1 unspecified atom stereocenters. The zero-order valence-corrected chi connectivity index (χ0v) is 17.6. The number of fused-ring (bicyclic) bond motifs is 1. The number of rotatable bonds is 5. The van der Waals surface area contributed by atoms with Gasteiger partial charge in [0.25, 0.3) is 0 Å². The number of carbonyl (C=O) groups is 4. The summed E-state index contributed by atoms with van der Waals surface area (Å²) in [4.78, 5) is 54.2. The highest BCUT2D eigenvalue weighted by Gasteiger charge is 2.44. The van der Waals surface area contributed by atoms with Gasteiger partial charge in [0.2, 0.25) is 11.8 Å². The van der Waals surface area contributed by atoms with E-state index < -0.39 is 18.1 Å². The molecule has 1 aromatic carbocycles. The molecule has 3 aliphatic rings. The van der Waals surface area contributed by atoms with Gasteiger partial charge in [0.15, 0.2) is 6.04 Å². The van der Waals surface area contributed by atoms with Crippen molar-refractivity contribution in [3.63, 3.8) is 0 Å².